The van der Waals surface area contributed by atoms with E-state index in [-0.39, 0.29) is 11.5 Å². The van der Waals surface area contributed by atoms with Crippen LogP contribution >= 0.6 is 0 Å². The van der Waals surface area contributed by atoms with Crippen LogP contribution in [0.25, 0.3) is 6.08 Å². The number of esters is 1. The van der Waals surface area contributed by atoms with Crippen LogP contribution in [0.4, 0.5) is 4.39 Å². The van der Waals surface area contributed by atoms with Crippen molar-refractivity contribution >= 4 is 12.0 Å². The van der Waals surface area contributed by atoms with Crippen LogP contribution in [0.2, 0.25) is 0 Å². The topological polar surface area (TPSA) is 46.5 Å². The zero-order valence-electron chi connectivity index (χ0n) is 9.92. The number of benzene rings is 2. The average molecular weight is 258 g/mol. The molecular formula is C15H11FO3. The molecule has 3 nitrogen and oxygen atoms in total. The van der Waals surface area contributed by atoms with E-state index in [1.54, 1.807) is 18.2 Å². The quantitative estimate of drug-likeness (QED) is 0.522. The van der Waals surface area contributed by atoms with Gasteiger partial charge < -0.3 is 9.84 Å². The van der Waals surface area contributed by atoms with Crippen molar-refractivity contribution in [2.75, 3.05) is 0 Å². The minimum absolute atomic E-state index is 0.152. The maximum atomic E-state index is 12.9. The number of phenols is 1. The van der Waals surface area contributed by atoms with Gasteiger partial charge in [-0.1, -0.05) is 18.2 Å². The average Bonchev–Trinajstić information content (AvgIpc) is 2.38. The minimum Gasteiger partial charge on any atom is -0.508 e. The highest BCUT2D eigenvalue weighted by atomic mass is 19.1. The predicted octanol–water partition coefficient (Wildman–Crippen LogP) is 3.15. The lowest BCUT2D eigenvalue weighted by Crippen LogP contribution is -2.03. The van der Waals surface area contributed by atoms with Crippen molar-refractivity contribution in [2.45, 2.75) is 0 Å². The van der Waals surface area contributed by atoms with Gasteiger partial charge in [-0.2, -0.15) is 0 Å². The van der Waals surface area contributed by atoms with E-state index in [1.165, 1.54) is 36.4 Å². The maximum absolute atomic E-state index is 12.9. The lowest BCUT2D eigenvalue weighted by molar-refractivity contribution is -0.128. The van der Waals surface area contributed by atoms with E-state index in [1.807, 2.05) is 0 Å². The number of carbonyl (C=O) groups is 1. The standard InChI is InChI=1S/C15H11FO3/c16-12-2-1-3-14(10-12)19-15(18)9-6-11-4-7-13(17)8-5-11/h1-10,17H/b9-6+. The third kappa shape index (κ3) is 3.96. The van der Waals surface area contributed by atoms with Gasteiger partial charge in [-0.25, -0.2) is 9.18 Å². The SMILES string of the molecule is O=C(/C=C/c1ccc(O)cc1)Oc1cccc(F)c1. The smallest absolute Gasteiger partial charge is 0.336 e. The van der Waals surface area contributed by atoms with Crippen LogP contribution < -0.4 is 4.74 Å². The first kappa shape index (κ1) is 12.8. The highest BCUT2D eigenvalue weighted by Crippen LogP contribution is 2.13. The molecule has 0 heterocycles. The van der Waals surface area contributed by atoms with E-state index in [4.69, 9.17) is 9.84 Å². The number of hydrogen-bond donors (Lipinski definition) is 1. The van der Waals surface area contributed by atoms with Gasteiger partial charge in [0.05, 0.1) is 0 Å². The van der Waals surface area contributed by atoms with E-state index < -0.39 is 11.8 Å². The molecule has 4 heteroatoms. The third-order valence-corrected chi connectivity index (χ3v) is 2.32. The summed E-state index contributed by atoms with van der Waals surface area (Å²) in [5, 5.41) is 9.10. The van der Waals surface area contributed by atoms with Gasteiger partial charge in [0.25, 0.3) is 0 Å². The second kappa shape index (κ2) is 5.82. The molecule has 1 N–H and O–H groups in total. The van der Waals surface area contributed by atoms with E-state index in [9.17, 15) is 9.18 Å². The molecule has 0 aliphatic rings. The van der Waals surface area contributed by atoms with Crippen molar-refractivity contribution < 1.29 is 19.0 Å². The zero-order chi connectivity index (χ0) is 13.7. The summed E-state index contributed by atoms with van der Waals surface area (Å²) in [6, 6.07) is 11.7. The number of halogens is 1. The van der Waals surface area contributed by atoms with Gasteiger partial charge in [-0.05, 0) is 35.9 Å². The maximum Gasteiger partial charge on any atom is 0.336 e. The molecule has 0 aliphatic heterocycles. The van der Waals surface area contributed by atoms with Crippen LogP contribution in [0.1, 0.15) is 5.56 Å². The molecule has 0 fully saturated rings. The molecule has 2 rings (SSSR count). The molecule has 0 spiro atoms. The highest BCUT2D eigenvalue weighted by Gasteiger charge is 2.01. The molecule has 0 aliphatic carbocycles. The fourth-order valence-electron chi connectivity index (χ4n) is 1.43. The number of rotatable bonds is 3. The van der Waals surface area contributed by atoms with Crippen molar-refractivity contribution in [3.8, 4) is 11.5 Å². The summed E-state index contributed by atoms with van der Waals surface area (Å²) in [4.78, 5) is 11.5. The Balaban J connectivity index is 1.99. The third-order valence-electron chi connectivity index (χ3n) is 2.32. The first-order valence-corrected chi connectivity index (χ1v) is 5.58. The summed E-state index contributed by atoms with van der Waals surface area (Å²) in [6.07, 6.45) is 2.78. The fraction of sp³-hybridized carbons (Fsp3) is 0. The molecule has 0 saturated heterocycles. The van der Waals surface area contributed by atoms with Gasteiger partial charge in [0.1, 0.15) is 17.3 Å². The summed E-state index contributed by atoms with van der Waals surface area (Å²) in [7, 11) is 0. The number of hydrogen-bond acceptors (Lipinski definition) is 3. The van der Waals surface area contributed by atoms with Gasteiger partial charge in [0.2, 0.25) is 0 Å². The number of phenolic OH excluding ortho intramolecular Hbond substituents is 1. The molecule has 2 aromatic rings. The normalized spacial score (nSPS) is 10.6. The van der Waals surface area contributed by atoms with Gasteiger partial charge in [0.15, 0.2) is 0 Å². The molecule has 0 radical (unpaired) electrons. The Labute approximate surface area is 109 Å². The van der Waals surface area contributed by atoms with Crippen molar-refractivity contribution in [3.63, 3.8) is 0 Å². The summed E-state index contributed by atoms with van der Waals surface area (Å²) in [6.45, 7) is 0. The van der Waals surface area contributed by atoms with E-state index in [0.717, 1.165) is 11.6 Å². The summed E-state index contributed by atoms with van der Waals surface area (Å²) < 4.78 is 17.8. The van der Waals surface area contributed by atoms with Crippen molar-refractivity contribution in [2.24, 2.45) is 0 Å². The summed E-state index contributed by atoms with van der Waals surface area (Å²) in [5.41, 5.74) is 0.744. The largest absolute Gasteiger partial charge is 0.508 e. The molecule has 0 saturated carbocycles. The van der Waals surface area contributed by atoms with Crippen molar-refractivity contribution in [1.29, 1.82) is 0 Å². The lowest BCUT2D eigenvalue weighted by atomic mass is 10.2. The summed E-state index contributed by atoms with van der Waals surface area (Å²) in [5.74, 6) is -0.758. The Hall–Kier alpha value is -2.62. The predicted molar refractivity (Wildman–Crippen MR) is 69.2 cm³/mol. The van der Waals surface area contributed by atoms with Crippen LogP contribution in [0.5, 0.6) is 11.5 Å². The van der Waals surface area contributed by atoms with E-state index >= 15 is 0 Å². The number of ether oxygens (including phenoxy) is 1. The minimum atomic E-state index is -0.598. The molecule has 19 heavy (non-hydrogen) atoms. The molecule has 0 atom stereocenters. The van der Waals surface area contributed by atoms with E-state index in [0.29, 0.717) is 0 Å². The zero-order valence-corrected chi connectivity index (χ0v) is 9.92. The van der Waals surface area contributed by atoms with Gasteiger partial charge in [-0.15, -0.1) is 0 Å². The summed E-state index contributed by atoms with van der Waals surface area (Å²) >= 11 is 0. The highest BCUT2D eigenvalue weighted by molar-refractivity contribution is 5.88. The van der Waals surface area contributed by atoms with Crippen molar-refractivity contribution in [1.82, 2.24) is 0 Å². The Morgan fingerprint density at radius 3 is 2.58 bits per heavy atom. The molecule has 2 aromatic carbocycles. The monoisotopic (exact) mass is 258 g/mol. The molecule has 0 unspecified atom stereocenters. The van der Waals surface area contributed by atoms with Gasteiger partial charge in [-0.3, -0.25) is 0 Å². The molecule has 0 aromatic heterocycles. The Morgan fingerprint density at radius 1 is 1.16 bits per heavy atom. The van der Waals surface area contributed by atoms with Crippen LogP contribution in [-0.4, -0.2) is 11.1 Å². The van der Waals surface area contributed by atoms with Gasteiger partial charge in [0, 0.05) is 12.1 Å². The first-order chi connectivity index (χ1) is 9.13. The van der Waals surface area contributed by atoms with Crippen LogP contribution in [-0.2, 0) is 4.79 Å². The van der Waals surface area contributed by atoms with Crippen LogP contribution in [0, 0.1) is 5.82 Å². The second-order valence-electron chi connectivity index (χ2n) is 3.80. The molecular weight excluding hydrogens is 247 g/mol. The second-order valence-corrected chi connectivity index (χ2v) is 3.80. The number of aromatic hydroxyl groups is 1. The lowest BCUT2D eigenvalue weighted by Gasteiger charge is -2.00. The number of carbonyl (C=O) groups excluding carboxylic acids is 1. The molecule has 0 amide bonds. The van der Waals surface area contributed by atoms with E-state index in [2.05, 4.69) is 0 Å². The Kier molecular flexibility index (Phi) is 3.93. The molecule has 96 valence electrons. The van der Waals surface area contributed by atoms with Crippen molar-refractivity contribution in [3.05, 3.63) is 66.0 Å². The molecule has 0 bridgehead atoms. The van der Waals surface area contributed by atoms with Gasteiger partial charge >= 0.3 is 5.97 Å². The Bertz CT molecular complexity index is 603. The van der Waals surface area contributed by atoms with Crippen LogP contribution in [0.15, 0.2) is 54.6 Å². The first-order valence-electron chi connectivity index (χ1n) is 5.58. The van der Waals surface area contributed by atoms with Crippen LogP contribution in [0.3, 0.4) is 0 Å². The fourth-order valence-corrected chi connectivity index (χ4v) is 1.43. The Morgan fingerprint density at radius 2 is 1.89 bits per heavy atom.